The summed E-state index contributed by atoms with van der Waals surface area (Å²) in [7, 11) is 0. The van der Waals surface area contributed by atoms with Gasteiger partial charge in [0.15, 0.2) is 0 Å². The lowest BCUT2D eigenvalue weighted by atomic mass is 9.84. The van der Waals surface area contributed by atoms with Gasteiger partial charge in [0.2, 0.25) is 5.91 Å². The number of carbonyl (C=O) groups is 1. The van der Waals surface area contributed by atoms with Crippen molar-refractivity contribution < 1.29 is 4.79 Å². The van der Waals surface area contributed by atoms with Crippen molar-refractivity contribution in [2.45, 2.75) is 64.2 Å². The molecule has 3 nitrogen and oxygen atoms in total. The van der Waals surface area contributed by atoms with Gasteiger partial charge in [-0.1, -0.05) is 26.7 Å². The number of hydrogen-bond donors (Lipinski definition) is 1. The number of hydrogen-bond acceptors (Lipinski definition) is 3. The van der Waals surface area contributed by atoms with E-state index in [1.165, 1.54) is 24.8 Å². The summed E-state index contributed by atoms with van der Waals surface area (Å²) in [4.78, 5) is 14.9. The van der Waals surface area contributed by atoms with Crippen LogP contribution in [0.5, 0.6) is 0 Å². The van der Waals surface area contributed by atoms with Gasteiger partial charge >= 0.3 is 0 Å². The Labute approximate surface area is 125 Å². The quantitative estimate of drug-likeness (QED) is 0.924. The normalized spacial score (nSPS) is 34.7. The van der Waals surface area contributed by atoms with Crippen LogP contribution in [0.2, 0.25) is 0 Å². The molecule has 1 aliphatic heterocycles. The van der Waals surface area contributed by atoms with Gasteiger partial charge < -0.3 is 4.90 Å². The molecule has 0 radical (unpaired) electrons. The van der Waals surface area contributed by atoms with E-state index < -0.39 is 0 Å². The number of nitrogens with one attached hydrogen (secondary N) is 1. The fourth-order valence-corrected chi connectivity index (χ4v) is 4.37. The predicted molar refractivity (Wildman–Crippen MR) is 82.5 cm³/mol. The first-order valence-electron chi connectivity index (χ1n) is 7.82. The molecule has 0 spiro atoms. The third-order valence-corrected chi connectivity index (χ3v) is 5.58. The Morgan fingerprint density at radius 1 is 1.40 bits per heavy atom. The van der Waals surface area contributed by atoms with Crippen LogP contribution in [0, 0.1) is 5.92 Å². The Balaban J connectivity index is 1.89. The van der Waals surface area contributed by atoms with E-state index in [-0.39, 0.29) is 12.2 Å². The van der Waals surface area contributed by atoms with Crippen molar-refractivity contribution in [3.8, 4) is 0 Å². The third-order valence-electron chi connectivity index (χ3n) is 4.88. The van der Waals surface area contributed by atoms with Gasteiger partial charge in [0.05, 0.1) is 6.04 Å². The van der Waals surface area contributed by atoms with E-state index >= 15 is 0 Å². The molecule has 1 saturated carbocycles. The molecule has 1 aromatic rings. The summed E-state index contributed by atoms with van der Waals surface area (Å²) in [5.41, 5.74) is 1.25. The van der Waals surface area contributed by atoms with Crippen LogP contribution in [-0.4, -0.2) is 22.9 Å². The molecule has 110 valence electrons. The largest absolute Gasteiger partial charge is 0.318 e. The minimum atomic E-state index is -0.00553. The first-order chi connectivity index (χ1) is 9.72. The van der Waals surface area contributed by atoms with Crippen LogP contribution < -0.4 is 5.32 Å². The molecule has 2 fully saturated rings. The van der Waals surface area contributed by atoms with E-state index in [9.17, 15) is 4.79 Å². The average Bonchev–Trinajstić information content (AvgIpc) is 3.07. The number of rotatable bonds is 3. The average molecular weight is 292 g/mol. The second-order valence-electron chi connectivity index (χ2n) is 6.16. The number of amides is 1. The topological polar surface area (TPSA) is 32.3 Å². The van der Waals surface area contributed by atoms with Crippen LogP contribution in [0.15, 0.2) is 16.8 Å². The zero-order chi connectivity index (χ0) is 14.1. The molecular formula is C16H24N2OS. The predicted octanol–water partition coefficient (Wildman–Crippen LogP) is 3.54. The molecule has 2 aliphatic rings. The number of thiophene rings is 1. The molecule has 4 heteroatoms. The Morgan fingerprint density at radius 3 is 2.85 bits per heavy atom. The van der Waals surface area contributed by atoms with Gasteiger partial charge in [0.25, 0.3) is 0 Å². The zero-order valence-corrected chi connectivity index (χ0v) is 13.2. The highest BCUT2D eigenvalue weighted by molar-refractivity contribution is 7.07. The van der Waals surface area contributed by atoms with Crippen molar-refractivity contribution in [3.63, 3.8) is 0 Å². The van der Waals surface area contributed by atoms with Gasteiger partial charge in [-0.05, 0) is 47.6 Å². The molecule has 2 heterocycles. The van der Waals surface area contributed by atoms with Crippen LogP contribution in [-0.2, 0) is 4.79 Å². The van der Waals surface area contributed by atoms with Crippen molar-refractivity contribution in [2.75, 3.05) is 0 Å². The Bertz CT molecular complexity index is 459. The molecule has 1 N–H and O–H groups in total. The lowest BCUT2D eigenvalue weighted by Gasteiger charge is -2.39. The molecular weight excluding hydrogens is 268 g/mol. The molecule has 0 bridgehead atoms. The molecule has 20 heavy (non-hydrogen) atoms. The van der Waals surface area contributed by atoms with Crippen LogP contribution in [0.1, 0.15) is 57.7 Å². The third kappa shape index (κ3) is 2.40. The summed E-state index contributed by atoms with van der Waals surface area (Å²) >= 11 is 1.71. The monoisotopic (exact) mass is 292 g/mol. The summed E-state index contributed by atoms with van der Waals surface area (Å²) < 4.78 is 0. The lowest BCUT2D eigenvalue weighted by Crippen LogP contribution is -2.45. The Morgan fingerprint density at radius 2 is 2.20 bits per heavy atom. The molecule has 1 aliphatic carbocycles. The van der Waals surface area contributed by atoms with Crippen molar-refractivity contribution in [2.24, 2.45) is 5.92 Å². The van der Waals surface area contributed by atoms with Crippen LogP contribution >= 0.6 is 11.3 Å². The molecule has 0 aromatic carbocycles. The summed E-state index contributed by atoms with van der Waals surface area (Å²) in [5.74, 6) is 0.925. The van der Waals surface area contributed by atoms with E-state index in [0.29, 0.717) is 17.9 Å². The zero-order valence-electron chi connectivity index (χ0n) is 12.3. The van der Waals surface area contributed by atoms with Gasteiger partial charge in [-0.2, -0.15) is 11.3 Å². The number of carbonyl (C=O) groups excluding carboxylic acids is 1. The van der Waals surface area contributed by atoms with Gasteiger partial charge in [0, 0.05) is 6.04 Å². The van der Waals surface area contributed by atoms with E-state index in [1.807, 2.05) is 0 Å². The standard InChI is InChI=1S/C16H24N2OS/c1-3-13-16(19)18(14-7-5-4-6-11(14)2)15(17-13)12-8-9-20-10-12/h8-11,13-15,17H,3-7H2,1-2H3. The minimum Gasteiger partial charge on any atom is -0.318 e. The minimum absolute atomic E-state index is 0.00553. The number of nitrogens with zero attached hydrogens (tertiary/aromatic N) is 1. The fraction of sp³-hybridized carbons (Fsp3) is 0.688. The molecule has 1 amide bonds. The molecule has 1 saturated heterocycles. The first-order valence-corrected chi connectivity index (χ1v) is 8.77. The van der Waals surface area contributed by atoms with Crippen molar-refractivity contribution in [3.05, 3.63) is 22.4 Å². The smallest absolute Gasteiger partial charge is 0.241 e. The van der Waals surface area contributed by atoms with Gasteiger partial charge in [-0.25, -0.2) is 0 Å². The molecule has 1 aromatic heterocycles. The highest BCUT2D eigenvalue weighted by atomic mass is 32.1. The van der Waals surface area contributed by atoms with Gasteiger partial charge in [-0.15, -0.1) is 0 Å². The summed E-state index contributed by atoms with van der Waals surface area (Å²) in [6, 6.07) is 2.55. The van der Waals surface area contributed by atoms with E-state index in [4.69, 9.17) is 0 Å². The van der Waals surface area contributed by atoms with Crippen LogP contribution in [0.25, 0.3) is 0 Å². The lowest BCUT2D eigenvalue weighted by molar-refractivity contribution is -0.134. The van der Waals surface area contributed by atoms with Crippen molar-refractivity contribution in [1.29, 1.82) is 0 Å². The first kappa shape index (κ1) is 14.1. The van der Waals surface area contributed by atoms with Crippen LogP contribution in [0.4, 0.5) is 0 Å². The Hall–Kier alpha value is -0.870. The summed E-state index contributed by atoms with van der Waals surface area (Å²) in [6.45, 7) is 4.40. The van der Waals surface area contributed by atoms with E-state index in [0.717, 1.165) is 12.8 Å². The maximum absolute atomic E-state index is 12.8. The highest BCUT2D eigenvalue weighted by Crippen LogP contribution is 2.37. The van der Waals surface area contributed by atoms with Gasteiger partial charge in [-0.3, -0.25) is 10.1 Å². The molecule has 3 rings (SSSR count). The molecule has 4 atom stereocenters. The van der Waals surface area contributed by atoms with Crippen molar-refractivity contribution in [1.82, 2.24) is 10.2 Å². The SMILES string of the molecule is CCC1NC(c2ccsc2)N(C2CCCCC2C)C1=O. The van der Waals surface area contributed by atoms with Crippen LogP contribution in [0.3, 0.4) is 0 Å². The van der Waals surface area contributed by atoms with E-state index in [2.05, 4.69) is 40.9 Å². The van der Waals surface area contributed by atoms with Crippen molar-refractivity contribution >= 4 is 17.2 Å². The highest BCUT2D eigenvalue weighted by Gasteiger charge is 2.44. The molecule has 4 unspecified atom stereocenters. The summed E-state index contributed by atoms with van der Waals surface area (Å²) in [5, 5.41) is 7.81. The van der Waals surface area contributed by atoms with Gasteiger partial charge in [0.1, 0.15) is 6.17 Å². The maximum atomic E-state index is 12.8. The maximum Gasteiger partial charge on any atom is 0.241 e. The summed E-state index contributed by atoms with van der Waals surface area (Å²) in [6.07, 6.45) is 5.94. The Kier molecular flexibility index (Phi) is 4.13. The van der Waals surface area contributed by atoms with E-state index in [1.54, 1.807) is 11.3 Å². The second kappa shape index (κ2) is 5.86. The second-order valence-corrected chi connectivity index (χ2v) is 6.94. The fourth-order valence-electron chi connectivity index (χ4n) is 3.69.